The highest BCUT2D eigenvalue weighted by Gasteiger charge is 2.23. The maximum Gasteiger partial charge on any atom is 0.0856 e. The molecule has 2 aromatic rings. The second kappa shape index (κ2) is 4.53. The van der Waals surface area contributed by atoms with Crippen LogP contribution in [0.25, 0.3) is 0 Å². The minimum atomic E-state index is -0.505. The zero-order valence-corrected chi connectivity index (χ0v) is 10.5. The van der Waals surface area contributed by atoms with Crippen LogP contribution in [0.5, 0.6) is 0 Å². The average molecular weight is 243 g/mol. The van der Waals surface area contributed by atoms with Gasteiger partial charge in [-0.3, -0.25) is 4.68 Å². The Hall–Kier alpha value is -1.68. The summed E-state index contributed by atoms with van der Waals surface area (Å²) in [7, 11) is 1.83. The highest BCUT2D eigenvalue weighted by atomic mass is 16.3. The van der Waals surface area contributed by atoms with Gasteiger partial charge in [0.2, 0.25) is 0 Å². The molecule has 1 unspecified atom stereocenters. The fourth-order valence-corrected chi connectivity index (χ4v) is 2.21. The summed E-state index contributed by atoms with van der Waals surface area (Å²) in [6.07, 6.45) is 4.46. The lowest BCUT2D eigenvalue weighted by Crippen LogP contribution is -2.02. The van der Waals surface area contributed by atoms with E-state index in [0.29, 0.717) is 6.42 Å². The van der Waals surface area contributed by atoms with Gasteiger partial charge < -0.3 is 5.11 Å². The third-order valence-electron chi connectivity index (χ3n) is 3.42. The van der Waals surface area contributed by atoms with Gasteiger partial charge in [-0.05, 0) is 29.9 Å². The Kier molecular flexibility index (Phi) is 2.88. The van der Waals surface area contributed by atoms with E-state index in [0.717, 1.165) is 17.2 Å². The van der Waals surface area contributed by atoms with Gasteiger partial charge in [-0.25, -0.2) is 0 Å². The van der Waals surface area contributed by atoms with Gasteiger partial charge in [0.15, 0.2) is 0 Å². The summed E-state index contributed by atoms with van der Waals surface area (Å²) < 4.78 is 1.65. The summed E-state index contributed by atoms with van der Waals surface area (Å²) in [5, 5.41) is 18.0. The molecule has 3 rings (SSSR count). The second-order valence-electron chi connectivity index (χ2n) is 5.04. The zero-order valence-electron chi connectivity index (χ0n) is 10.5. The normalized spacial score (nSPS) is 16.8. The van der Waals surface area contributed by atoms with Crippen LogP contribution in [0.2, 0.25) is 0 Å². The van der Waals surface area contributed by atoms with Crippen molar-refractivity contribution in [2.45, 2.75) is 31.3 Å². The van der Waals surface area contributed by atoms with Crippen molar-refractivity contribution in [1.29, 1.82) is 0 Å². The van der Waals surface area contributed by atoms with E-state index in [9.17, 15) is 5.11 Å². The third kappa shape index (κ3) is 2.43. The second-order valence-corrected chi connectivity index (χ2v) is 5.04. The molecule has 0 radical (unpaired) electrons. The van der Waals surface area contributed by atoms with E-state index in [4.69, 9.17) is 0 Å². The van der Waals surface area contributed by atoms with E-state index in [1.807, 2.05) is 25.4 Å². The van der Waals surface area contributed by atoms with E-state index in [1.54, 1.807) is 4.68 Å². The smallest absolute Gasteiger partial charge is 0.0856 e. The lowest BCUT2D eigenvalue weighted by Gasteiger charge is -2.09. The number of hydrogen-bond acceptors (Lipinski definition) is 3. The Bertz CT molecular complexity index is 528. The highest BCUT2D eigenvalue weighted by Crippen LogP contribution is 2.40. The van der Waals surface area contributed by atoms with E-state index >= 15 is 0 Å². The topological polar surface area (TPSA) is 50.9 Å². The van der Waals surface area contributed by atoms with Crippen LogP contribution >= 0.6 is 0 Å². The Morgan fingerprint density at radius 2 is 2.06 bits per heavy atom. The molecule has 0 amide bonds. The largest absolute Gasteiger partial charge is 0.388 e. The number of aromatic nitrogens is 3. The quantitative estimate of drug-likeness (QED) is 0.893. The van der Waals surface area contributed by atoms with Crippen LogP contribution in [-0.4, -0.2) is 20.1 Å². The number of aliphatic hydroxyl groups excluding tert-OH is 1. The van der Waals surface area contributed by atoms with E-state index in [-0.39, 0.29) is 0 Å². The van der Waals surface area contributed by atoms with Crippen molar-refractivity contribution in [1.82, 2.24) is 15.0 Å². The number of benzene rings is 1. The van der Waals surface area contributed by atoms with Gasteiger partial charge in [0.05, 0.1) is 11.8 Å². The molecule has 1 heterocycles. The van der Waals surface area contributed by atoms with Crippen molar-refractivity contribution >= 4 is 0 Å². The van der Waals surface area contributed by atoms with Crippen LogP contribution in [0.1, 0.15) is 41.7 Å². The predicted molar refractivity (Wildman–Crippen MR) is 68.1 cm³/mol. The van der Waals surface area contributed by atoms with Gasteiger partial charge in [-0.2, -0.15) is 0 Å². The van der Waals surface area contributed by atoms with E-state index in [2.05, 4.69) is 22.4 Å². The first-order chi connectivity index (χ1) is 8.72. The summed E-state index contributed by atoms with van der Waals surface area (Å²) >= 11 is 0. The molecule has 1 atom stereocenters. The van der Waals surface area contributed by atoms with Crippen LogP contribution in [-0.2, 0) is 13.5 Å². The molecule has 4 nitrogen and oxygen atoms in total. The van der Waals surface area contributed by atoms with E-state index < -0.39 is 6.10 Å². The summed E-state index contributed by atoms with van der Waals surface area (Å²) in [5.74, 6) is 0.760. The minimum Gasteiger partial charge on any atom is -0.388 e. The maximum absolute atomic E-state index is 10.2. The molecule has 1 aromatic heterocycles. The predicted octanol–water partition coefficient (Wildman–Crippen LogP) is 1.97. The maximum atomic E-state index is 10.2. The van der Waals surface area contributed by atoms with Crippen molar-refractivity contribution < 1.29 is 5.11 Å². The fraction of sp³-hybridized carbons (Fsp3) is 0.429. The molecular formula is C14H17N3O. The van der Waals surface area contributed by atoms with Crippen LogP contribution in [0, 0.1) is 0 Å². The molecule has 0 aliphatic heterocycles. The van der Waals surface area contributed by atoms with Gasteiger partial charge in [0, 0.05) is 19.7 Å². The molecule has 0 bridgehead atoms. The van der Waals surface area contributed by atoms with Crippen molar-refractivity contribution in [2.75, 3.05) is 0 Å². The first-order valence-electron chi connectivity index (χ1n) is 6.35. The molecule has 1 aliphatic rings. The van der Waals surface area contributed by atoms with Crippen LogP contribution in [0.4, 0.5) is 0 Å². The third-order valence-corrected chi connectivity index (χ3v) is 3.42. The van der Waals surface area contributed by atoms with Crippen LogP contribution < -0.4 is 0 Å². The van der Waals surface area contributed by atoms with Gasteiger partial charge in [0.1, 0.15) is 0 Å². The Morgan fingerprint density at radius 3 is 2.61 bits per heavy atom. The molecular weight excluding hydrogens is 226 g/mol. The van der Waals surface area contributed by atoms with Crippen molar-refractivity contribution in [3.05, 3.63) is 47.3 Å². The van der Waals surface area contributed by atoms with Crippen molar-refractivity contribution in [3.63, 3.8) is 0 Å². The molecule has 18 heavy (non-hydrogen) atoms. The number of hydrogen-bond donors (Lipinski definition) is 1. The fourth-order valence-electron chi connectivity index (χ4n) is 2.21. The standard InChI is InChI=1S/C14H17N3O/c1-17-9-13(15-16-17)8-14(18)12-6-4-11(5-7-12)10-2-3-10/h4-7,9-10,14,18H,2-3,8H2,1H3. The lowest BCUT2D eigenvalue weighted by atomic mass is 10.0. The van der Waals surface area contributed by atoms with Crippen LogP contribution in [0.15, 0.2) is 30.5 Å². The molecule has 1 fully saturated rings. The summed E-state index contributed by atoms with van der Waals surface area (Å²) in [6.45, 7) is 0. The molecule has 94 valence electrons. The highest BCUT2D eigenvalue weighted by molar-refractivity contribution is 5.29. The molecule has 0 saturated heterocycles. The number of rotatable bonds is 4. The minimum absolute atomic E-state index is 0.505. The van der Waals surface area contributed by atoms with Gasteiger partial charge >= 0.3 is 0 Å². The molecule has 1 saturated carbocycles. The number of aryl methyl sites for hydroxylation is 1. The number of nitrogens with zero attached hydrogens (tertiary/aromatic N) is 3. The SMILES string of the molecule is Cn1cc(CC(O)c2ccc(C3CC3)cc2)nn1. The van der Waals surface area contributed by atoms with Gasteiger partial charge in [0.25, 0.3) is 0 Å². The zero-order chi connectivity index (χ0) is 12.5. The Morgan fingerprint density at radius 1 is 1.33 bits per heavy atom. The first-order valence-corrected chi connectivity index (χ1v) is 6.35. The van der Waals surface area contributed by atoms with Crippen molar-refractivity contribution in [3.8, 4) is 0 Å². The summed E-state index contributed by atoms with van der Waals surface area (Å²) in [6, 6.07) is 8.31. The van der Waals surface area contributed by atoms with Crippen LogP contribution in [0.3, 0.4) is 0 Å². The molecule has 4 heteroatoms. The molecule has 0 spiro atoms. The van der Waals surface area contributed by atoms with Crippen molar-refractivity contribution in [2.24, 2.45) is 7.05 Å². The molecule has 1 aromatic carbocycles. The average Bonchev–Trinajstić information content (AvgIpc) is 3.14. The van der Waals surface area contributed by atoms with Gasteiger partial charge in [-0.15, -0.1) is 5.10 Å². The monoisotopic (exact) mass is 243 g/mol. The summed E-state index contributed by atoms with van der Waals surface area (Å²) in [5.41, 5.74) is 3.16. The Balaban J connectivity index is 1.69. The summed E-state index contributed by atoms with van der Waals surface area (Å²) in [4.78, 5) is 0. The lowest BCUT2D eigenvalue weighted by molar-refractivity contribution is 0.177. The first kappa shape index (κ1) is 11.4. The molecule has 1 N–H and O–H groups in total. The Labute approximate surface area is 106 Å². The van der Waals surface area contributed by atoms with E-state index in [1.165, 1.54) is 18.4 Å². The molecule has 1 aliphatic carbocycles. The van der Waals surface area contributed by atoms with Gasteiger partial charge in [-0.1, -0.05) is 29.5 Å². The number of aliphatic hydroxyl groups is 1.